The van der Waals surface area contributed by atoms with E-state index in [0.717, 1.165) is 93.3 Å². The van der Waals surface area contributed by atoms with E-state index in [0.29, 0.717) is 25.7 Å². The van der Waals surface area contributed by atoms with Crippen LogP contribution in [0.4, 0.5) is 0 Å². The summed E-state index contributed by atoms with van der Waals surface area (Å²) in [5.41, 5.74) is -2.57. The summed E-state index contributed by atoms with van der Waals surface area (Å²) >= 11 is 16.1. The highest BCUT2D eigenvalue weighted by Crippen LogP contribution is 2.62. The largest absolute Gasteiger partial charge is 0.381 e. The number of nitrogens with one attached hydrogen (secondary N) is 1. The molecule has 1 amide bonds. The van der Waals surface area contributed by atoms with Gasteiger partial charge in [-0.2, -0.15) is 0 Å². The molecule has 0 spiro atoms. The summed E-state index contributed by atoms with van der Waals surface area (Å²) in [7, 11) is 0. The quantitative estimate of drug-likeness (QED) is 0.0373. The molecule has 0 fully saturated rings. The highest BCUT2D eigenvalue weighted by atomic mass is 32.9. The van der Waals surface area contributed by atoms with E-state index < -0.39 is 10.9 Å². The lowest BCUT2D eigenvalue weighted by Crippen LogP contribution is -2.32. The van der Waals surface area contributed by atoms with Crippen LogP contribution in [-0.4, -0.2) is 56.3 Å². The maximum atomic E-state index is 13.9. The Hall–Kier alpha value is 1.35. The lowest BCUT2D eigenvalue weighted by molar-refractivity contribution is -0.124. The molecule has 11 heteroatoms. The lowest BCUT2D eigenvalue weighted by atomic mass is 10.1. The van der Waals surface area contributed by atoms with E-state index in [1.54, 1.807) is 0 Å². The van der Waals surface area contributed by atoms with Crippen LogP contribution in [0.5, 0.6) is 0 Å². The highest BCUT2D eigenvalue weighted by Gasteiger charge is 2.26. The second-order valence-electron chi connectivity index (χ2n) is 16.9. The zero-order valence-electron chi connectivity index (χ0n) is 36.1. The number of carbonyl (C=O) groups is 1. The molecule has 318 valence electrons. The normalized spacial score (nSPS) is 13.2. The van der Waals surface area contributed by atoms with Gasteiger partial charge in [0.1, 0.15) is 0 Å². The van der Waals surface area contributed by atoms with E-state index in [2.05, 4.69) is 67.6 Å². The van der Waals surface area contributed by atoms with Gasteiger partial charge in [-0.05, 0) is 104 Å². The van der Waals surface area contributed by atoms with Crippen LogP contribution in [0, 0.1) is 29.6 Å². The van der Waals surface area contributed by atoms with Gasteiger partial charge in [-0.3, -0.25) is 4.79 Å². The van der Waals surface area contributed by atoms with E-state index in [1.165, 1.54) is 88.4 Å². The first-order valence-corrected chi connectivity index (χ1v) is 30.8. The Morgan fingerprint density at radius 2 is 1.02 bits per heavy atom. The van der Waals surface area contributed by atoms with E-state index in [4.69, 9.17) is 37.4 Å². The molecule has 0 aromatic heterocycles. The van der Waals surface area contributed by atoms with Crippen molar-refractivity contribution in [3.63, 3.8) is 0 Å². The van der Waals surface area contributed by atoms with Crippen molar-refractivity contribution in [2.24, 2.45) is 29.6 Å². The molecule has 0 saturated heterocycles. The molecule has 0 aliphatic heterocycles. The summed E-state index contributed by atoms with van der Waals surface area (Å²) in [4.78, 5) is 13.9. The molecule has 1 atom stereocenters. The number of hydrogen-bond donors (Lipinski definition) is 1. The van der Waals surface area contributed by atoms with E-state index in [1.807, 2.05) is 11.4 Å². The third-order valence-electron chi connectivity index (χ3n) is 9.45. The topological polar surface area (TPSA) is 56.8 Å². The second kappa shape index (κ2) is 35.3. The van der Waals surface area contributed by atoms with Crippen LogP contribution >= 0.6 is 33.7 Å². The Kier molecular flexibility index (Phi) is 36.2. The molecule has 5 nitrogen and oxygen atoms in total. The first kappa shape index (κ1) is 54.3. The van der Waals surface area contributed by atoms with Crippen molar-refractivity contribution >= 4 is 63.2 Å². The molecule has 0 radical (unpaired) electrons. The van der Waals surface area contributed by atoms with Crippen molar-refractivity contribution in [3.05, 3.63) is 0 Å². The van der Waals surface area contributed by atoms with Crippen LogP contribution in [0.2, 0.25) is 0 Å². The van der Waals surface area contributed by atoms with E-state index in [9.17, 15) is 4.79 Å². The van der Waals surface area contributed by atoms with Gasteiger partial charge in [0, 0.05) is 30.1 Å². The van der Waals surface area contributed by atoms with Gasteiger partial charge in [-0.1, -0.05) is 151 Å². The van der Waals surface area contributed by atoms with Crippen molar-refractivity contribution in [1.82, 2.24) is 5.32 Å². The minimum absolute atomic E-state index is 0.0864. The summed E-state index contributed by atoms with van der Waals surface area (Å²) in [6.07, 6.45) is 24.4. The van der Waals surface area contributed by atoms with Gasteiger partial charge >= 0.3 is 0 Å². The van der Waals surface area contributed by atoms with Gasteiger partial charge in [-0.25, -0.2) is 0 Å². The predicted octanol–water partition coefficient (Wildman–Crippen LogP) is 14.9. The molecular formula is C42H87NO4P2S4. The average Bonchev–Trinajstić information content (AvgIpc) is 3.08. The van der Waals surface area contributed by atoms with Crippen molar-refractivity contribution in [3.8, 4) is 0 Å². The van der Waals surface area contributed by atoms with Crippen LogP contribution in [-0.2, 0) is 42.2 Å². The van der Waals surface area contributed by atoms with Gasteiger partial charge in [0.2, 0.25) is 11.6 Å². The summed E-state index contributed by atoms with van der Waals surface area (Å²) < 4.78 is 18.5. The molecule has 1 N–H and O–H groups in total. The van der Waals surface area contributed by atoms with Crippen LogP contribution in [0.3, 0.4) is 0 Å². The van der Waals surface area contributed by atoms with Gasteiger partial charge in [-0.15, -0.1) is 11.4 Å². The van der Waals surface area contributed by atoms with Crippen molar-refractivity contribution in [2.45, 2.75) is 184 Å². The smallest absolute Gasteiger partial charge is 0.249 e. The minimum atomic E-state index is -2.57. The molecule has 0 rings (SSSR count). The van der Waals surface area contributed by atoms with Crippen molar-refractivity contribution in [1.29, 1.82) is 0 Å². The Bertz CT molecular complexity index is 908. The minimum Gasteiger partial charge on any atom is -0.381 e. The third-order valence-corrected chi connectivity index (χ3v) is 22.6. The second-order valence-corrected chi connectivity index (χ2v) is 32.0. The highest BCUT2D eigenvalue weighted by molar-refractivity contribution is 8.71. The Balaban J connectivity index is 5.47. The third kappa shape index (κ3) is 35.1. The number of amides is 1. The van der Waals surface area contributed by atoms with Crippen molar-refractivity contribution < 1.29 is 18.6 Å². The van der Waals surface area contributed by atoms with Gasteiger partial charge < -0.3 is 19.1 Å². The van der Waals surface area contributed by atoms with Crippen LogP contribution in [0.25, 0.3) is 0 Å². The summed E-state index contributed by atoms with van der Waals surface area (Å²) in [5.74, 6) is 4.23. The summed E-state index contributed by atoms with van der Waals surface area (Å²) in [6.45, 7) is 23.2. The van der Waals surface area contributed by atoms with Crippen LogP contribution in [0.1, 0.15) is 184 Å². The molecule has 0 saturated carbocycles. The summed E-state index contributed by atoms with van der Waals surface area (Å²) in [5, 5.41) is 1.65. The standard InChI is InChI=1S/C42H87NO4P2S4/c1-10-29-45-30-23-28-41(35-52-48(50,33-21-13-17-26-39(6)7)34-22-14-18-27-40(8)9)42(44)43-36-53-49(51,46-31-19-11-15-24-37(2)3)47-32-20-12-16-25-38(4)5/h37-41H,10-36H2,1-9H3,(H,43,44). The van der Waals surface area contributed by atoms with Gasteiger partial charge in [0.15, 0.2) is 0 Å². The first-order valence-electron chi connectivity index (χ1n) is 21.8. The molecule has 0 aliphatic carbocycles. The molecular weight excluding hydrogens is 773 g/mol. The van der Waals surface area contributed by atoms with Gasteiger partial charge in [0.25, 0.3) is 0 Å². The fourth-order valence-electron chi connectivity index (χ4n) is 6.05. The van der Waals surface area contributed by atoms with Crippen molar-refractivity contribution in [2.75, 3.05) is 50.4 Å². The maximum absolute atomic E-state index is 13.9. The monoisotopic (exact) mass is 859 g/mol. The zero-order valence-corrected chi connectivity index (χ0v) is 41.2. The van der Waals surface area contributed by atoms with E-state index in [-0.39, 0.29) is 11.8 Å². The molecule has 0 bridgehead atoms. The molecule has 0 aliphatic rings. The summed E-state index contributed by atoms with van der Waals surface area (Å²) in [6, 6.07) is 0. The lowest BCUT2D eigenvalue weighted by Gasteiger charge is -2.25. The molecule has 0 aromatic rings. The fourth-order valence-corrected chi connectivity index (χ4v) is 16.7. The van der Waals surface area contributed by atoms with Gasteiger partial charge in [0.05, 0.1) is 19.1 Å². The number of unbranched alkanes of at least 4 members (excludes halogenated alkanes) is 8. The predicted molar refractivity (Wildman–Crippen MR) is 250 cm³/mol. The maximum Gasteiger partial charge on any atom is 0.249 e. The number of ether oxygens (including phenoxy) is 1. The Morgan fingerprint density at radius 3 is 1.45 bits per heavy atom. The number of carbonyl (C=O) groups excluding carboxylic acids is 1. The Morgan fingerprint density at radius 1 is 0.566 bits per heavy atom. The average molecular weight is 860 g/mol. The molecule has 0 aromatic carbocycles. The fraction of sp³-hybridized carbons (Fsp3) is 0.976. The molecule has 1 unspecified atom stereocenters. The molecule has 0 heterocycles. The van der Waals surface area contributed by atoms with Crippen LogP contribution < -0.4 is 5.32 Å². The number of hydrogen-bond acceptors (Lipinski definition) is 8. The zero-order chi connectivity index (χ0) is 39.8. The Labute approximate surface area is 349 Å². The molecule has 53 heavy (non-hydrogen) atoms. The SMILES string of the molecule is CCCOCCCC(CSP(=S)(CCCCCC(C)C)CCCCCC(C)C)C(=O)NCSP(=S)(OCCCCCC(C)C)OCCCCCC(C)C. The number of rotatable bonds is 39. The first-order chi connectivity index (χ1) is 25.2. The van der Waals surface area contributed by atoms with Crippen LogP contribution in [0.15, 0.2) is 0 Å². The van der Waals surface area contributed by atoms with E-state index >= 15 is 0 Å².